The number of alkyl halides is 6. The lowest BCUT2D eigenvalue weighted by Crippen LogP contribution is -2.31. The molecule has 2 aromatic carbocycles. The number of hydrogen-bond donors (Lipinski definition) is 1. The Bertz CT molecular complexity index is 1890. The number of amides is 1. The normalized spacial score (nSPS) is 15.3. The summed E-state index contributed by atoms with van der Waals surface area (Å²) in [6, 6.07) is 4.12. The molecule has 1 amide bonds. The molecule has 1 aliphatic rings. The first-order valence-corrected chi connectivity index (χ1v) is 16.2. The number of aryl methyl sites for hydroxylation is 1. The first kappa shape index (κ1) is 31.6. The Morgan fingerprint density at radius 3 is 2.14 bits per heavy atom. The summed E-state index contributed by atoms with van der Waals surface area (Å²) >= 11 is 14.9. The molecule has 5 rings (SSSR count). The highest BCUT2D eigenvalue weighted by molar-refractivity contribution is 8.01. The zero-order chi connectivity index (χ0) is 31.8. The van der Waals surface area contributed by atoms with Crippen molar-refractivity contribution in [3.8, 4) is 27.5 Å². The number of carbonyl (C=O) groups is 1. The number of nitrogens with one attached hydrogen (secondary N) is 1. The third-order valence-electron chi connectivity index (χ3n) is 6.27. The van der Waals surface area contributed by atoms with Crippen LogP contribution in [0.25, 0.3) is 27.5 Å². The number of benzene rings is 2. The number of hydrogen-bond acceptors (Lipinski definition) is 7. The van der Waals surface area contributed by atoms with Crippen molar-refractivity contribution in [3.05, 3.63) is 68.5 Å². The predicted molar refractivity (Wildman–Crippen MR) is 151 cm³/mol. The largest absolute Gasteiger partial charge is 0.416 e. The molecule has 1 unspecified atom stereocenters. The summed E-state index contributed by atoms with van der Waals surface area (Å²) in [5.41, 5.74) is -3.27. The molecule has 1 N–H and O–H groups in total. The third kappa shape index (κ3) is 6.12. The standard InChI is InChI=1S/C25H16Cl2F6N4O3S3/c1-9-18(11-4-12(24(28,29)30)6-13(5-11)25(31,32)33)20(21(38)36-43(3,39)40)37(35-9)23-34-19-15-8-17(27)16(26)7-14(15)10(2)41-22(19)42-23/h4-8,10H,1-3H3,(H,36,38). The van der Waals surface area contributed by atoms with Gasteiger partial charge in [0.05, 0.1) is 43.0 Å². The summed E-state index contributed by atoms with van der Waals surface area (Å²) in [6.45, 7) is 3.17. The average molecular weight is 702 g/mol. The smallest absolute Gasteiger partial charge is 0.266 e. The van der Waals surface area contributed by atoms with Crippen LogP contribution < -0.4 is 4.72 Å². The van der Waals surface area contributed by atoms with Gasteiger partial charge in [0.1, 0.15) is 5.69 Å². The number of rotatable bonds is 4. The van der Waals surface area contributed by atoms with E-state index in [4.69, 9.17) is 23.2 Å². The lowest BCUT2D eigenvalue weighted by Gasteiger charge is -2.21. The minimum atomic E-state index is -5.17. The maximum atomic E-state index is 13.7. The van der Waals surface area contributed by atoms with Crippen LogP contribution in [0, 0.1) is 6.92 Å². The zero-order valence-corrected chi connectivity index (χ0v) is 25.7. The van der Waals surface area contributed by atoms with Gasteiger partial charge in [0.25, 0.3) is 5.91 Å². The number of thiazole rings is 1. The molecule has 2 aromatic heterocycles. The SMILES string of the molecule is Cc1nn(-c2nc3c(s2)SC(C)c2cc(Cl)c(Cl)cc2-3)c(C(=O)NS(C)(=O)=O)c1-c1cc(C(F)(F)F)cc(C(F)(F)F)c1. The zero-order valence-electron chi connectivity index (χ0n) is 21.8. The monoisotopic (exact) mass is 700 g/mol. The van der Waals surface area contributed by atoms with E-state index in [9.17, 15) is 39.6 Å². The topological polar surface area (TPSA) is 93.9 Å². The highest BCUT2D eigenvalue weighted by Gasteiger charge is 2.38. The quantitative estimate of drug-likeness (QED) is 0.216. The van der Waals surface area contributed by atoms with Crippen LogP contribution >= 0.6 is 46.3 Å². The molecule has 228 valence electrons. The second kappa shape index (κ2) is 10.7. The number of nitrogens with zero attached hydrogens (tertiary/aromatic N) is 3. The number of carbonyl (C=O) groups excluding carboxylic acids is 1. The van der Waals surface area contributed by atoms with Gasteiger partial charge in [-0.1, -0.05) is 34.5 Å². The maximum Gasteiger partial charge on any atom is 0.416 e. The van der Waals surface area contributed by atoms with E-state index >= 15 is 0 Å². The van der Waals surface area contributed by atoms with Crippen LogP contribution in [-0.2, 0) is 22.4 Å². The van der Waals surface area contributed by atoms with E-state index in [0.717, 1.165) is 21.6 Å². The molecular weight excluding hydrogens is 685 g/mol. The van der Waals surface area contributed by atoms with Crippen molar-refractivity contribution in [2.45, 2.75) is 35.7 Å². The fourth-order valence-electron chi connectivity index (χ4n) is 4.50. The van der Waals surface area contributed by atoms with Gasteiger partial charge in [-0.2, -0.15) is 36.1 Å². The minimum Gasteiger partial charge on any atom is -0.266 e. The highest BCUT2D eigenvalue weighted by Crippen LogP contribution is 2.53. The number of fused-ring (bicyclic) bond motifs is 3. The van der Waals surface area contributed by atoms with Crippen molar-refractivity contribution in [2.75, 3.05) is 6.26 Å². The summed E-state index contributed by atoms with van der Waals surface area (Å²) < 4.78 is 109. The molecule has 0 fully saturated rings. The maximum absolute atomic E-state index is 13.7. The molecule has 4 aromatic rings. The summed E-state index contributed by atoms with van der Waals surface area (Å²) in [5.74, 6) is -1.34. The molecule has 0 spiro atoms. The second-order valence-electron chi connectivity index (χ2n) is 9.46. The lowest BCUT2D eigenvalue weighted by atomic mass is 9.97. The van der Waals surface area contributed by atoms with Crippen molar-refractivity contribution >= 4 is 62.2 Å². The van der Waals surface area contributed by atoms with E-state index in [-0.39, 0.29) is 27.2 Å². The molecule has 43 heavy (non-hydrogen) atoms. The van der Waals surface area contributed by atoms with Gasteiger partial charge in [-0.05, 0) is 55.3 Å². The summed E-state index contributed by atoms with van der Waals surface area (Å²) in [5, 5.41) is 4.68. The van der Waals surface area contributed by atoms with Crippen LogP contribution in [0.1, 0.15) is 45.0 Å². The molecule has 0 radical (unpaired) electrons. The van der Waals surface area contributed by atoms with E-state index in [0.29, 0.717) is 38.9 Å². The van der Waals surface area contributed by atoms with Crippen molar-refractivity contribution in [1.29, 1.82) is 0 Å². The van der Waals surface area contributed by atoms with E-state index < -0.39 is 56.2 Å². The Labute approximate surface area is 258 Å². The summed E-state index contributed by atoms with van der Waals surface area (Å²) in [4.78, 5) is 17.9. The number of sulfonamides is 1. The Morgan fingerprint density at radius 2 is 1.58 bits per heavy atom. The molecule has 18 heteroatoms. The van der Waals surface area contributed by atoms with Gasteiger partial charge in [0.2, 0.25) is 15.2 Å². The van der Waals surface area contributed by atoms with Crippen molar-refractivity contribution < 1.29 is 39.6 Å². The van der Waals surface area contributed by atoms with Crippen LogP contribution in [0.4, 0.5) is 26.3 Å². The van der Waals surface area contributed by atoms with Crippen molar-refractivity contribution in [2.24, 2.45) is 0 Å². The predicted octanol–water partition coefficient (Wildman–Crippen LogP) is 8.17. The van der Waals surface area contributed by atoms with Gasteiger partial charge in [-0.15, -0.1) is 11.8 Å². The van der Waals surface area contributed by atoms with Gasteiger partial charge >= 0.3 is 12.4 Å². The Hall–Kier alpha value is -2.79. The van der Waals surface area contributed by atoms with Gasteiger partial charge in [-0.25, -0.2) is 18.1 Å². The van der Waals surface area contributed by atoms with Crippen LogP contribution in [0.5, 0.6) is 0 Å². The number of thioether (sulfide) groups is 1. The molecule has 0 saturated carbocycles. The Kier molecular flexibility index (Phi) is 7.86. The fourth-order valence-corrected chi connectivity index (χ4v) is 7.80. The molecule has 0 saturated heterocycles. The average Bonchev–Trinajstić information content (AvgIpc) is 3.44. The Balaban J connectivity index is 1.78. The first-order chi connectivity index (χ1) is 19.7. The minimum absolute atomic E-state index is 0.000329. The highest BCUT2D eigenvalue weighted by atomic mass is 35.5. The summed E-state index contributed by atoms with van der Waals surface area (Å²) in [6.07, 6.45) is -9.68. The molecular formula is C25H16Cl2F6N4O3S3. The van der Waals surface area contributed by atoms with Crippen LogP contribution in [-0.4, -0.2) is 35.3 Å². The van der Waals surface area contributed by atoms with E-state index in [1.54, 1.807) is 16.9 Å². The summed E-state index contributed by atoms with van der Waals surface area (Å²) in [7, 11) is -4.23. The third-order valence-corrected chi connectivity index (χ3v) is 9.92. The van der Waals surface area contributed by atoms with E-state index in [1.165, 1.54) is 18.7 Å². The molecule has 0 bridgehead atoms. The number of aromatic nitrogens is 3. The van der Waals surface area contributed by atoms with E-state index in [2.05, 4.69) is 10.1 Å². The van der Waals surface area contributed by atoms with Crippen LogP contribution in [0.2, 0.25) is 10.0 Å². The van der Waals surface area contributed by atoms with Gasteiger partial charge < -0.3 is 0 Å². The van der Waals surface area contributed by atoms with Gasteiger partial charge in [0, 0.05) is 16.4 Å². The Morgan fingerprint density at radius 1 is 1.00 bits per heavy atom. The van der Waals surface area contributed by atoms with Crippen molar-refractivity contribution in [1.82, 2.24) is 19.5 Å². The van der Waals surface area contributed by atoms with Crippen LogP contribution in [0.3, 0.4) is 0 Å². The van der Waals surface area contributed by atoms with Gasteiger partial charge in [0.15, 0.2) is 0 Å². The lowest BCUT2D eigenvalue weighted by molar-refractivity contribution is -0.143. The second-order valence-corrected chi connectivity index (χ2v) is 14.6. The van der Waals surface area contributed by atoms with Crippen LogP contribution in [0.15, 0.2) is 34.5 Å². The molecule has 7 nitrogen and oxygen atoms in total. The van der Waals surface area contributed by atoms with E-state index in [1.807, 2.05) is 6.92 Å². The molecule has 1 aliphatic heterocycles. The number of halogens is 8. The van der Waals surface area contributed by atoms with Crippen molar-refractivity contribution in [3.63, 3.8) is 0 Å². The molecule has 3 heterocycles. The van der Waals surface area contributed by atoms with Gasteiger partial charge in [-0.3, -0.25) is 4.79 Å². The molecule has 1 atom stereocenters. The molecule has 0 aliphatic carbocycles. The fraction of sp³-hybridized carbons (Fsp3) is 0.240. The first-order valence-electron chi connectivity index (χ1n) is 11.8.